The molecule has 0 aromatic carbocycles. The third-order valence-electron chi connectivity index (χ3n) is 3.26. The first-order valence-corrected chi connectivity index (χ1v) is 6.79. The highest BCUT2D eigenvalue weighted by atomic mass is 15.5. The Labute approximate surface area is 122 Å². The maximum atomic E-state index is 4.18. The average molecular weight is 286 g/mol. The maximum absolute atomic E-state index is 4.18. The summed E-state index contributed by atoms with van der Waals surface area (Å²) in [7, 11) is 0. The van der Waals surface area contributed by atoms with Gasteiger partial charge in [-0.1, -0.05) is 20.8 Å². The van der Waals surface area contributed by atoms with E-state index >= 15 is 0 Å². The molecule has 0 aliphatic carbocycles. The van der Waals surface area contributed by atoms with Gasteiger partial charge in [0, 0.05) is 29.1 Å². The number of hydrogen-bond donors (Lipinski definition) is 1. The molecule has 0 atom stereocenters. The van der Waals surface area contributed by atoms with Crippen molar-refractivity contribution in [2.24, 2.45) is 0 Å². The molecule has 0 amide bonds. The van der Waals surface area contributed by atoms with Gasteiger partial charge in [-0.25, -0.2) is 4.68 Å². The summed E-state index contributed by atoms with van der Waals surface area (Å²) in [5, 5.41) is 23.3. The molecule has 0 radical (unpaired) electrons. The Morgan fingerprint density at radius 3 is 2.81 bits per heavy atom. The summed E-state index contributed by atoms with van der Waals surface area (Å²) in [5.74, 6) is 0.764. The van der Waals surface area contributed by atoms with Crippen molar-refractivity contribution in [1.82, 2.24) is 40.2 Å². The van der Waals surface area contributed by atoms with E-state index in [9.17, 15) is 0 Å². The van der Waals surface area contributed by atoms with Crippen LogP contribution in [0.5, 0.6) is 0 Å². The van der Waals surface area contributed by atoms with Crippen LogP contribution in [0.3, 0.4) is 0 Å². The highest BCUT2D eigenvalue weighted by Crippen LogP contribution is 2.23. The zero-order valence-electron chi connectivity index (χ0n) is 12.4. The monoisotopic (exact) mass is 286 g/mol. The number of rotatable bonds is 4. The first-order valence-electron chi connectivity index (χ1n) is 6.79. The SMILES string of the molecule is CC(C)(C)c1[nH]ncc1Cn1nnnc1Cn1cccn1. The van der Waals surface area contributed by atoms with E-state index in [0.717, 1.165) is 17.1 Å². The van der Waals surface area contributed by atoms with Crippen molar-refractivity contribution in [2.75, 3.05) is 0 Å². The lowest BCUT2D eigenvalue weighted by Gasteiger charge is -2.18. The molecule has 0 fully saturated rings. The van der Waals surface area contributed by atoms with E-state index in [0.29, 0.717) is 13.1 Å². The lowest BCUT2D eigenvalue weighted by Crippen LogP contribution is -2.17. The average Bonchev–Trinajstić information content (AvgIpc) is 3.12. The number of aromatic nitrogens is 8. The van der Waals surface area contributed by atoms with E-state index in [4.69, 9.17) is 0 Å². The van der Waals surface area contributed by atoms with Crippen LogP contribution in [0.4, 0.5) is 0 Å². The summed E-state index contributed by atoms with van der Waals surface area (Å²) < 4.78 is 3.57. The molecular weight excluding hydrogens is 268 g/mol. The van der Waals surface area contributed by atoms with Crippen molar-refractivity contribution in [3.63, 3.8) is 0 Å². The van der Waals surface area contributed by atoms with E-state index in [2.05, 4.69) is 51.6 Å². The minimum atomic E-state index is 0.00197. The second-order valence-corrected chi connectivity index (χ2v) is 5.98. The lowest BCUT2D eigenvalue weighted by atomic mass is 9.89. The van der Waals surface area contributed by atoms with Gasteiger partial charge in [-0.3, -0.25) is 9.78 Å². The molecule has 3 heterocycles. The molecule has 8 heteroatoms. The molecule has 0 aliphatic rings. The van der Waals surface area contributed by atoms with Gasteiger partial charge in [0.15, 0.2) is 5.82 Å². The maximum Gasteiger partial charge on any atom is 0.173 e. The first kappa shape index (κ1) is 13.5. The van der Waals surface area contributed by atoms with Crippen molar-refractivity contribution in [2.45, 2.75) is 39.3 Å². The van der Waals surface area contributed by atoms with Crippen molar-refractivity contribution in [1.29, 1.82) is 0 Å². The molecule has 3 aromatic heterocycles. The Hall–Kier alpha value is -2.51. The van der Waals surface area contributed by atoms with Crippen LogP contribution >= 0.6 is 0 Å². The van der Waals surface area contributed by atoms with Crippen LogP contribution in [0, 0.1) is 0 Å². The van der Waals surface area contributed by atoms with Crippen LogP contribution in [0.2, 0.25) is 0 Å². The van der Waals surface area contributed by atoms with Gasteiger partial charge in [0.1, 0.15) is 6.54 Å². The molecule has 0 saturated carbocycles. The van der Waals surface area contributed by atoms with E-state index in [1.165, 1.54) is 0 Å². The Morgan fingerprint density at radius 2 is 2.10 bits per heavy atom. The van der Waals surface area contributed by atoms with Crippen LogP contribution < -0.4 is 0 Å². The zero-order chi connectivity index (χ0) is 14.9. The third-order valence-corrected chi connectivity index (χ3v) is 3.26. The smallest absolute Gasteiger partial charge is 0.173 e. The van der Waals surface area contributed by atoms with Crippen molar-refractivity contribution >= 4 is 0 Å². The van der Waals surface area contributed by atoms with Crippen LogP contribution in [0.15, 0.2) is 24.7 Å². The Balaban J connectivity index is 1.83. The Morgan fingerprint density at radius 1 is 1.24 bits per heavy atom. The fourth-order valence-electron chi connectivity index (χ4n) is 2.24. The minimum absolute atomic E-state index is 0.00197. The van der Waals surface area contributed by atoms with Crippen LogP contribution in [0.1, 0.15) is 37.9 Å². The van der Waals surface area contributed by atoms with Gasteiger partial charge >= 0.3 is 0 Å². The Bertz CT molecular complexity index is 701. The second kappa shape index (κ2) is 5.12. The normalized spacial score (nSPS) is 12.0. The summed E-state index contributed by atoms with van der Waals surface area (Å²) >= 11 is 0. The van der Waals surface area contributed by atoms with Gasteiger partial charge in [-0.2, -0.15) is 10.2 Å². The molecule has 110 valence electrons. The van der Waals surface area contributed by atoms with Crippen molar-refractivity contribution in [3.05, 3.63) is 41.7 Å². The number of nitrogens with zero attached hydrogens (tertiary/aromatic N) is 7. The number of aromatic amines is 1. The van der Waals surface area contributed by atoms with Gasteiger partial charge in [0.25, 0.3) is 0 Å². The minimum Gasteiger partial charge on any atom is -0.282 e. The van der Waals surface area contributed by atoms with E-state index in [1.54, 1.807) is 15.6 Å². The zero-order valence-corrected chi connectivity index (χ0v) is 12.4. The molecule has 0 spiro atoms. The van der Waals surface area contributed by atoms with Crippen LogP contribution in [-0.4, -0.2) is 40.2 Å². The van der Waals surface area contributed by atoms with Gasteiger partial charge in [-0.05, 0) is 16.5 Å². The molecule has 0 aliphatic heterocycles. The fraction of sp³-hybridized carbons (Fsp3) is 0.462. The van der Waals surface area contributed by atoms with Crippen LogP contribution in [-0.2, 0) is 18.5 Å². The molecule has 0 unspecified atom stereocenters. The van der Waals surface area contributed by atoms with E-state index in [1.807, 2.05) is 18.5 Å². The fourth-order valence-corrected chi connectivity index (χ4v) is 2.24. The predicted molar refractivity (Wildman–Crippen MR) is 75.5 cm³/mol. The highest BCUT2D eigenvalue weighted by Gasteiger charge is 2.21. The van der Waals surface area contributed by atoms with Crippen LogP contribution in [0.25, 0.3) is 0 Å². The topological polar surface area (TPSA) is 90.1 Å². The Kier molecular flexibility index (Phi) is 3.28. The molecule has 3 rings (SSSR count). The lowest BCUT2D eigenvalue weighted by molar-refractivity contribution is 0.539. The summed E-state index contributed by atoms with van der Waals surface area (Å²) in [6.07, 6.45) is 5.46. The van der Waals surface area contributed by atoms with Gasteiger partial charge in [-0.15, -0.1) is 5.10 Å². The summed E-state index contributed by atoms with van der Waals surface area (Å²) in [6, 6.07) is 1.88. The summed E-state index contributed by atoms with van der Waals surface area (Å²) in [4.78, 5) is 0. The van der Waals surface area contributed by atoms with E-state index < -0.39 is 0 Å². The van der Waals surface area contributed by atoms with E-state index in [-0.39, 0.29) is 5.41 Å². The molecule has 8 nitrogen and oxygen atoms in total. The van der Waals surface area contributed by atoms with Gasteiger partial charge < -0.3 is 0 Å². The standard InChI is InChI=1S/C13H18N8/c1-13(2,3)12-10(7-14-17-12)8-21-11(16-18-19-21)9-20-6-4-5-15-20/h4-7H,8-9H2,1-3H3,(H,14,17). The molecule has 1 N–H and O–H groups in total. The molecule has 21 heavy (non-hydrogen) atoms. The summed E-state index contributed by atoms with van der Waals surface area (Å²) in [5.41, 5.74) is 2.20. The van der Waals surface area contributed by atoms with Crippen molar-refractivity contribution in [3.8, 4) is 0 Å². The molecule has 3 aromatic rings. The highest BCUT2D eigenvalue weighted by molar-refractivity contribution is 5.23. The van der Waals surface area contributed by atoms with Gasteiger partial charge in [0.05, 0.1) is 12.7 Å². The number of nitrogens with one attached hydrogen (secondary N) is 1. The van der Waals surface area contributed by atoms with Crippen molar-refractivity contribution < 1.29 is 0 Å². The number of tetrazole rings is 1. The number of hydrogen-bond acceptors (Lipinski definition) is 5. The molecule has 0 bridgehead atoms. The number of H-pyrrole nitrogens is 1. The second-order valence-electron chi connectivity index (χ2n) is 5.98. The largest absolute Gasteiger partial charge is 0.282 e. The molecule has 0 saturated heterocycles. The molecular formula is C13H18N8. The quantitative estimate of drug-likeness (QED) is 0.772. The third kappa shape index (κ3) is 2.83. The van der Waals surface area contributed by atoms with Gasteiger partial charge in [0.2, 0.25) is 0 Å². The first-order chi connectivity index (χ1) is 10.0. The summed E-state index contributed by atoms with van der Waals surface area (Å²) in [6.45, 7) is 7.58. The predicted octanol–water partition coefficient (Wildman–Crippen LogP) is 0.987.